The van der Waals surface area contributed by atoms with Crippen molar-refractivity contribution in [2.75, 3.05) is 12.9 Å². The van der Waals surface area contributed by atoms with E-state index in [2.05, 4.69) is 0 Å². The van der Waals surface area contributed by atoms with Crippen LogP contribution in [0.25, 0.3) is 0 Å². The Morgan fingerprint density at radius 1 is 1.25 bits per heavy atom. The minimum atomic E-state index is -3.57. The number of allylic oxidation sites excluding steroid dienone is 2. The molecule has 0 aromatic rings. The number of imide groups is 1. The topological polar surface area (TPSA) is 80.8 Å². The third kappa shape index (κ3) is 2.00. The fraction of sp³-hybridized carbons (Fsp3) is 0.692. The van der Waals surface area contributed by atoms with Crippen molar-refractivity contribution >= 4 is 21.9 Å². The predicted octanol–water partition coefficient (Wildman–Crippen LogP) is 0.158. The van der Waals surface area contributed by atoms with E-state index in [0.717, 1.165) is 12.7 Å². The quantitative estimate of drug-likeness (QED) is 0.419. The van der Waals surface area contributed by atoms with Gasteiger partial charge in [-0.2, -0.15) is 8.42 Å². The summed E-state index contributed by atoms with van der Waals surface area (Å²) in [6.45, 7) is 1.45. The van der Waals surface area contributed by atoms with Gasteiger partial charge in [-0.15, -0.1) is 0 Å². The molecule has 5 atom stereocenters. The van der Waals surface area contributed by atoms with Crippen LogP contribution >= 0.6 is 0 Å². The highest BCUT2D eigenvalue weighted by Gasteiger charge is 2.59. The summed E-state index contributed by atoms with van der Waals surface area (Å²) < 4.78 is 26.7. The number of fused-ring (bicyclic) bond motifs is 5. The van der Waals surface area contributed by atoms with Gasteiger partial charge in [-0.05, 0) is 25.2 Å². The lowest BCUT2D eigenvalue weighted by molar-refractivity contribution is -0.143. The van der Waals surface area contributed by atoms with Crippen LogP contribution in [-0.4, -0.2) is 44.0 Å². The number of carbonyl (C=O) groups is 2. The summed E-state index contributed by atoms with van der Waals surface area (Å²) in [6, 6.07) is -0.560. The lowest BCUT2D eigenvalue weighted by Gasteiger charge is -2.23. The molecular formula is C13H17NO5S. The smallest absolute Gasteiger partial charge is 0.264 e. The maximum Gasteiger partial charge on any atom is 0.264 e. The highest BCUT2D eigenvalue weighted by molar-refractivity contribution is 7.85. The van der Waals surface area contributed by atoms with E-state index in [1.165, 1.54) is 4.90 Å². The molecule has 0 N–H and O–H groups in total. The predicted molar refractivity (Wildman–Crippen MR) is 69.8 cm³/mol. The van der Waals surface area contributed by atoms with Gasteiger partial charge in [0.05, 0.1) is 30.7 Å². The molecule has 0 aromatic heterocycles. The molecule has 1 saturated heterocycles. The standard InChI is InChI=1S/C13H17NO5S/c1-7(6-19-20(2,17)18)14-12(15)10-8-3-4-9(5-8)11(10)13(14)16/h3-4,7-11H,5-6H2,1-2H3. The van der Waals surface area contributed by atoms with Crippen LogP contribution in [0.15, 0.2) is 12.2 Å². The Kier molecular flexibility index (Phi) is 3.02. The van der Waals surface area contributed by atoms with E-state index in [1.807, 2.05) is 12.2 Å². The summed E-state index contributed by atoms with van der Waals surface area (Å²) in [5.41, 5.74) is 0. The summed E-state index contributed by atoms with van der Waals surface area (Å²) in [5, 5.41) is 0. The maximum atomic E-state index is 12.4. The maximum absolute atomic E-state index is 12.4. The molecule has 110 valence electrons. The molecule has 2 amide bonds. The van der Waals surface area contributed by atoms with Gasteiger partial charge < -0.3 is 0 Å². The number of hydrogen-bond acceptors (Lipinski definition) is 5. The number of rotatable bonds is 4. The van der Waals surface area contributed by atoms with E-state index in [-0.39, 0.29) is 42.1 Å². The zero-order chi connectivity index (χ0) is 14.7. The molecule has 2 aliphatic carbocycles. The van der Waals surface area contributed by atoms with E-state index in [0.29, 0.717) is 0 Å². The van der Waals surface area contributed by atoms with Crippen molar-refractivity contribution in [3.8, 4) is 0 Å². The van der Waals surface area contributed by atoms with E-state index in [1.54, 1.807) is 6.92 Å². The van der Waals surface area contributed by atoms with E-state index in [4.69, 9.17) is 4.18 Å². The molecule has 2 bridgehead atoms. The summed E-state index contributed by atoms with van der Waals surface area (Å²) in [7, 11) is -3.57. The molecule has 1 heterocycles. The van der Waals surface area contributed by atoms with Crippen molar-refractivity contribution in [1.82, 2.24) is 4.90 Å². The highest BCUT2D eigenvalue weighted by atomic mass is 32.2. The molecule has 0 spiro atoms. The number of hydrogen-bond donors (Lipinski definition) is 0. The van der Waals surface area contributed by atoms with Crippen molar-refractivity contribution in [3.63, 3.8) is 0 Å². The normalized spacial score (nSPS) is 36.8. The second-order valence-electron chi connectivity index (χ2n) is 5.88. The summed E-state index contributed by atoms with van der Waals surface area (Å²) >= 11 is 0. The SMILES string of the molecule is CC(COS(C)(=O)=O)N1C(=O)C2C3C=CC(C3)C2C1=O. The van der Waals surface area contributed by atoms with Gasteiger partial charge in [0.2, 0.25) is 11.8 Å². The monoisotopic (exact) mass is 299 g/mol. The number of amides is 2. The van der Waals surface area contributed by atoms with Crippen LogP contribution in [0.4, 0.5) is 0 Å². The van der Waals surface area contributed by atoms with Gasteiger partial charge in [-0.3, -0.25) is 18.7 Å². The molecule has 3 rings (SSSR count). The number of carbonyl (C=O) groups excluding carboxylic acids is 2. The number of nitrogens with zero attached hydrogens (tertiary/aromatic N) is 1. The first kappa shape index (κ1) is 13.8. The van der Waals surface area contributed by atoms with Gasteiger partial charge in [-0.1, -0.05) is 12.2 Å². The van der Waals surface area contributed by atoms with Crippen molar-refractivity contribution in [1.29, 1.82) is 0 Å². The van der Waals surface area contributed by atoms with Gasteiger partial charge in [-0.25, -0.2) is 0 Å². The van der Waals surface area contributed by atoms with Crippen LogP contribution in [0.5, 0.6) is 0 Å². The minimum Gasteiger partial charge on any atom is -0.277 e. The van der Waals surface area contributed by atoms with E-state index < -0.39 is 16.2 Å². The zero-order valence-electron chi connectivity index (χ0n) is 11.4. The fourth-order valence-electron chi connectivity index (χ4n) is 3.66. The molecule has 0 radical (unpaired) electrons. The Labute approximate surface area is 117 Å². The van der Waals surface area contributed by atoms with Crippen LogP contribution in [0.3, 0.4) is 0 Å². The Bertz CT molecular complexity index is 566. The van der Waals surface area contributed by atoms with Crippen molar-refractivity contribution in [2.24, 2.45) is 23.7 Å². The molecule has 7 heteroatoms. The second-order valence-corrected chi connectivity index (χ2v) is 7.53. The molecule has 1 saturated carbocycles. The molecular weight excluding hydrogens is 282 g/mol. The van der Waals surface area contributed by atoms with Gasteiger partial charge in [0.15, 0.2) is 0 Å². The summed E-state index contributed by atoms with van der Waals surface area (Å²) in [5.74, 6) is -0.539. The van der Waals surface area contributed by atoms with Crippen LogP contribution in [0.2, 0.25) is 0 Å². The van der Waals surface area contributed by atoms with Crippen LogP contribution in [-0.2, 0) is 23.9 Å². The average Bonchev–Trinajstić information content (AvgIpc) is 3.00. The first-order valence-electron chi connectivity index (χ1n) is 6.69. The van der Waals surface area contributed by atoms with Crippen LogP contribution < -0.4 is 0 Å². The number of likely N-dealkylation sites (tertiary alicyclic amines) is 1. The van der Waals surface area contributed by atoms with Crippen molar-refractivity contribution in [2.45, 2.75) is 19.4 Å². The Balaban J connectivity index is 1.76. The van der Waals surface area contributed by atoms with E-state index >= 15 is 0 Å². The first-order valence-corrected chi connectivity index (χ1v) is 8.51. The molecule has 6 nitrogen and oxygen atoms in total. The van der Waals surface area contributed by atoms with Crippen molar-refractivity contribution in [3.05, 3.63) is 12.2 Å². The summed E-state index contributed by atoms with van der Waals surface area (Å²) in [4.78, 5) is 26.0. The zero-order valence-corrected chi connectivity index (χ0v) is 12.2. The third-order valence-electron chi connectivity index (χ3n) is 4.47. The molecule has 5 unspecified atom stereocenters. The van der Waals surface area contributed by atoms with Crippen LogP contribution in [0.1, 0.15) is 13.3 Å². The van der Waals surface area contributed by atoms with Gasteiger partial charge in [0.1, 0.15) is 0 Å². The molecule has 2 fully saturated rings. The molecule has 1 aliphatic heterocycles. The lowest BCUT2D eigenvalue weighted by Crippen LogP contribution is -2.42. The lowest BCUT2D eigenvalue weighted by atomic mass is 9.85. The van der Waals surface area contributed by atoms with Crippen LogP contribution in [0, 0.1) is 23.7 Å². The van der Waals surface area contributed by atoms with Gasteiger partial charge >= 0.3 is 0 Å². The third-order valence-corrected chi connectivity index (χ3v) is 5.03. The van der Waals surface area contributed by atoms with Crippen molar-refractivity contribution < 1.29 is 22.2 Å². The molecule has 0 aromatic carbocycles. The fourth-order valence-corrected chi connectivity index (χ4v) is 4.10. The Morgan fingerprint density at radius 3 is 2.20 bits per heavy atom. The average molecular weight is 299 g/mol. The Hall–Kier alpha value is -1.21. The second kappa shape index (κ2) is 4.39. The van der Waals surface area contributed by atoms with E-state index in [9.17, 15) is 18.0 Å². The Morgan fingerprint density at radius 2 is 1.75 bits per heavy atom. The molecule has 3 aliphatic rings. The largest absolute Gasteiger partial charge is 0.277 e. The van der Waals surface area contributed by atoms with Gasteiger partial charge in [0, 0.05) is 0 Å². The highest BCUT2D eigenvalue weighted by Crippen LogP contribution is 2.52. The summed E-state index contributed by atoms with van der Waals surface area (Å²) in [6.07, 6.45) is 5.89. The first-order chi connectivity index (χ1) is 9.29. The van der Waals surface area contributed by atoms with Gasteiger partial charge in [0.25, 0.3) is 10.1 Å². The molecule has 20 heavy (non-hydrogen) atoms. The minimum absolute atomic E-state index is 0.162.